The van der Waals surface area contributed by atoms with Crippen molar-refractivity contribution >= 4 is 23.5 Å². The van der Waals surface area contributed by atoms with Gasteiger partial charge < -0.3 is 19.1 Å². The van der Waals surface area contributed by atoms with Gasteiger partial charge in [0.05, 0.1) is 7.11 Å². The van der Waals surface area contributed by atoms with E-state index in [0.29, 0.717) is 11.5 Å². The number of fused-ring (bicyclic) bond motifs is 1. The van der Waals surface area contributed by atoms with Crippen molar-refractivity contribution in [1.82, 2.24) is 0 Å². The first kappa shape index (κ1) is 23.1. The summed E-state index contributed by atoms with van der Waals surface area (Å²) in [6, 6.07) is 13.5. The number of carbonyl (C=O) groups is 2. The Morgan fingerprint density at radius 2 is 1.81 bits per heavy atom. The van der Waals surface area contributed by atoms with E-state index in [1.54, 1.807) is 12.1 Å². The third-order valence-corrected chi connectivity index (χ3v) is 5.51. The van der Waals surface area contributed by atoms with Gasteiger partial charge in [-0.3, -0.25) is 4.79 Å². The molecule has 32 heavy (non-hydrogen) atoms. The van der Waals surface area contributed by atoms with Crippen molar-refractivity contribution in [3.05, 3.63) is 71.4 Å². The first-order valence-electron chi connectivity index (χ1n) is 10.4. The number of hydrogen-bond donors (Lipinski definition) is 0. The minimum absolute atomic E-state index is 0.283. The quantitative estimate of drug-likeness (QED) is 0.448. The molecule has 168 valence electrons. The summed E-state index contributed by atoms with van der Waals surface area (Å²) in [5.41, 5.74) is 3.73. The molecule has 0 atom stereocenters. The number of ether oxygens (including phenoxy) is 3. The van der Waals surface area contributed by atoms with Crippen LogP contribution in [0.2, 0.25) is 0 Å². The zero-order valence-electron chi connectivity index (χ0n) is 19.2. The lowest BCUT2D eigenvalue weighted by atomic mass is 9.83. The monoisotopic (exact) mass is 435 g/mol. The van der Waals surface area contributed by atoms with Gasteiger partial charge in [-0.2, -0.15) is 0 Å². The summed E-state index contributed by atoms with van der Waals surface area (Å²) in [6.45, 7) is 5.41. The van der Waals surface area contributed by atoms with Crippen LogP contribution in [-0.4, -0.2) is 39.1 Å². The number of carbonyl (C=O) groups excluding carboxylic acids is 2. The van der Waals surface area contributed by atoms with E-state index in [4.69, 9.17) is 14.2 Å². The van der Waals surface area contributed by atoms with Gasteiger partial charge in [0.25, 0.3) is 0 Å². The number of rotatable bonds is 8. The van der Waals surface area contributed by atoms with Crippen LogP contribution in [0.15, 0.2) is 60.3 Å². The normalized spacial score (nSPS) is 15.7. The Bertz CT molecular complexity index is 1070. The molecule has 0 saturated heterocycles. The maximum absolute atomic E-state index is 12.5. The zero-order valence-corrected chi connectivity index (χ0v) is 19.2. The number of para-hydroxylation sites is 1. The molecule has 1 aliphatic heterocycles. The summed E-state index contributed by atoms with van der Waals surface area (Å²) in [7, 11) is 3.47. The van der Waals surface area contributed by atoms with Gasteiger partial charge in [0, 0.05) is 29.9 Å². The van der Waals surface area contributed by atoms with Gasteiger partial charge in [-0.15, -0.1) is 0 Å². The number of nitrogens with zero attached hydrogens (tertiary/aromatic N) is 1. The summed E-state index contributed by atoms with van der Waals surface area (Å²) >= 11 is 0. The Kier molecular flexibility index (Phi) is 7.03. The fourth-order valence-electron chi connectivity index (χ4n) is 3.88. The van der Waals surface area contributed by atoms with Crippen LogP contribution in [0.25, 0.3) is 6.08 Å². The third kappa shape index (κ3) is 4.85. The van der Waals surface area contributed by atoms with Gasteiger partial charge in [-0.25, -0.2) is 4.79 Å². The molecule has 0 aliphatic carbocycles. The molecule has 1 aliphatic rings. The molecule has 6 nitrogen and oxygen atoms in total. The van der Waals surface area contributed by atoms with Gasteiger partial charge in [-0.05, 0) is 36.2 Å². The number of methoxy groups -OCH3 is 1. The number of esters is 1. The third-order valence-electron chi connectivity index (χ3n) is 5.51. The van der Waals surface area contributed by atoms with E-state index in [9.17, 15) is 9.59 Å². The number of allylic oxidation sites excluding steroid dienone is 2. The van der Waals surface area contributed by atoms with Crippen LogP contribution in [0.4, 0.5) is 5.69 Å². The summed E-state index contributed by atoms with van der Waals surface area (Å²) in [4.78, 5) is 26.6. The summed E-state index contributed by atoms with van der Waals surface area (Å²) in [5, 5.41) is 0. The first-order valence-corrected chi connectivity index (χ1v) is 10.4. The molecule has 1 heterocycles. The summed E-state index contributed by atoms with van der Waals surface area (Å²) < 4.78 is 16.0. The van der Waals surface area contributed by atoms with Gasteiger partial charge in [0.15, 0.2) is 30.5 Å². The van der Waals surface area contributed by atoms with Crippen LogP contribution in [-0.2, 0) is 19.7 Å². The SMILES string of the molecule is CC=Cc1ccc(OCC(=O)OCC(=O)C=C2N(C)c3ccccc3C2(C)C)c(OC)c1. The fraction of sp³-hybridized carbons (Fsp3) is 0.308. The second-order valence-corrected chi connectivity index (χ2v) is 8.06. The number of ketones is 1. The van der Waals surface area contributed by atoms with Crippen LogP contribution in [0.5, 0.6) is 11.5 Å². The smallest absolute Gasteiger partial charge is 0.344 e. The van der Waals surface area contributed by atoms with Gasteiger partial charge in [0.2, 0.25) is 0 Å². The Balaban J connectivity index is 1.57. The van der Waals surface area contributed by atoms with E-state index in [-0.39, 0.29) is 24.4 Å². The average Bonchev–Trinajstić information content (AvgIpc) is 2.97. The molecule has 0 aromatic heterocycles. The van der Waals surface area contributed by atoms with Crippen LogP contribution in [0.1, 0.15) is 31.9 Å². The predicted molar refractivity (Wildman–Crippen MR) is 125 cm³/mol. The maximum Gasteiger partial charge on any atom is 0.344 e. The van der Waals surface area contributed by atoms with Crippen molar-refractivity contribution in [3.8, 4) is 11.5 Å². The molecule has 2 aromatic rings. The number of benzene rings is 2. The van der Waals surface area contributed by atoms with Crippen LogP contribution in [0.3, 0.4) is 0 Å². The highest BCUT2D eigenvalue weighted by Gasteiger charge is 2.38. The molecular formula is C26H29NO5. The van der Waals surface area contributed by atoms with E-state index in [0.717, 1.165) is 22.5 Å². The molecule has 0 bridgehead atoms. The molecule has 2 aromatic carbocycles. The van der Waals surface area contributed by atoms with Gasteiger partial charge in [-0.1, -0.05) is 50.3 Å². The average molecular weight is 436 g/mol. The van der Waals surface area contributed by atoms with Crippen molar-refractivity contribution in [3.63, 3.8) is 0 Å². The van der Waals surface area contributed by atoms with Crippen LogP contribution >= 0.6 is 0 Å². The van der Waals surface area contributed by atoms with Crippen molar-refractivity contribution in [1.29, 1.82) is 0 Å². The van der Waals surface area contributed by atoms with Crippen molar-refractivity contribution < 1.29 is 23.8 Å². The number of hydrogen-bond acceptors (Lipinski definition) is 6. The van der Waals surface area contributed by atoms with E-state index in [1.807, 2.05) is 61.4 Å². The highest BCUT2D eigenvalue weighted by molar-refractivity contribution is 5.94. The minimum atomic E-state index is -0.626. The Morgan fingerprint density at radius 1 is 1.06 bits per heavy atom. The second kappa shape index (κ2) is 9.73. The number of anilines is 1. The molecule has 0 unspecified atom stereocenters. The van der Waals surface area contributed by atoms with Crippen molar-refractivity contribution in [2.24, 2.45) is 0 Å². The second-order valence-electron chi connectivity index (χ2n) is 8.06. The van der Waals surface area contributed by atoms with E-state index in [1.165, 1.54) is 7.11 Å². The summed E-state index contributed by atoms with van der Waals surface area (Å²) in [6.07, 6.45) is 5.40. The predicted octanol–water partition coefficient (Wildman–Crippen LogP) is 4.53. The van der Waals surface area contributed by atoms with Crippen molar-refractivity contribution in [2.75, 3.05) is 32.3 Å². The molecule has 0 fully saturated rings. The molecule has 6 heteroatoms. The Labute approximate surface area is 189 Å². The van der Waals surface area contributed by atoms with E-state index in [2.05, 4.69) is 19.9 Å². The van der Waals surface area contributed by atoms with Crippen molar-refractivity contribution in [2.45, 2.75) is 26.2 Å². The first-order chi connectivity index (χ1) is 15.3. The molecule has 0 spiro atoms. The highest BCUT2D eigenvalue weighted by atomic mass is 16.6. The number of likely N-dealkylation sites (N-methyl/N-ethyl adjacent to an activating group) is 1. The van der Waals surface area contributed by atoms with Gasteiger partial charge in [0.1, 0.15) is 0 Å². The van der Waals surface area contributed by atoms with E-state index < -0.39 is 5.97 Å². The topological polar surface area (TPSA) is 65.1 Å². The molecular weight excluding hydrogens is 406 g/mol. The summed E-state index contributed by atoms with van der Waals surface area (Å²) in [5.74, 6) is 0.0338. The standard InChI is InChI=1S/C26H29NO5/c1-6-9-18-12-13-22(23(14-18)30-5)31-17-25(29)32-16-19(28)15-24-26(2,3)20-10-7-8-11-21(20)27(24)4/h6-15H,16-17H2,1-5H3. The Morgan fingerprint density at radius 3 is 2.50 bits per heavy atom. The highest BCUT2D eigenvalue weighted by Crippen LogP contribution is 2.46. The molecule has 0 amide bonds. The van der Waals surface area contributed by atoms with Crippen LogP contribution < -0.4 is 14.4 Å². The lowest BCUT2D eigenvalue weighted by Crippen LogP contribution is -2.25. The lowest BCUT2D eigenvalue weighted by Gasteiger charge is -2.23. The van der Waals surface area contributed by atoms with Crippen LogP contribution in [0, 0.1) is 0 Å². The van der Waals surface area contributed by atoms with Gasteiger partial charge >= 0.3 is 5.97 Å². The fourth-order valence-corrected chi connectivity index (χ4v) is 3.88. The lowest BCUT2D eigenvalue weighted by molar-refractivity contribution is -0.149. The maximum atomic E-state index is 12.5. The minimum Gasteiger partial charge on any atom is -0.493 e. The zero-order chi connectivity index (χ0) is 23.3. The molecule has 3 rings (SSSR count). The largest absolute Gasteiger partial charge is 0.493 e. The van der Waals surface area contributed by atoms with E-state index >= 15 is 0 Å². The molecule has 0 radical (unpaired) electrons. The molecule has 0 saturated carbocycles. The molecule has 0 N–H and O–H groups in total. The Hall–Kier alpha value is -3.54.